The molecule has 8 heteroatoms. The van der Waals surface area contributed by atoms with Gasteiger partial charge in [-0.05, 0) is 36.5 Å². The topological polar surface area (TPSA) is 66.7 Å². The van der Waals surface area contributed by atoms with E-state index in [9.17, 15) is 9.59 Å². The Hall–Kier alpha value is -2.19. The number of hydrogen-bond acceptors (Lipinski definition) is 6. The van der Waals surface area contributed by atoms with E-state index in [0.717, 1.165) is 25.7 Å². The van der Waals surface area contributed by atoms with Crippen LogP contribution in [0.1, 0.15) is 58.9 Å². The Morgan fingerprint density at radius 2 is 2.03 bits per heavy atom. The van der Waals surface area contributed by atoms with Crippen molar-refractivity contribution < 1.29 is 4.79 Å². The summed E-state index contributed by atoms with van der Waals surface area (Å²) in [5.41, 5.74) is 0.740. The highest BCUT2D eigenvalue weighted by Gasteiger charge is 2.33. The third kappa shape index (κ3) is 5.59. The first-order valence-corrected chi connectivity index (χ1v) is 12.6. The molecule has 3 rings (SSSR count). The minimum atomic E-state index is -0.207. The molecule has 0 spiro atoms. The lowest BCUT2D eigenvalue weighted by Crippen LogP contribution is -2.33. The number of nitrogens with one attached hydrogen (secondary N) is 1. The van der Waals surface area contributed by atoms with E-state index in [0.29, 0.717) is 51.2 Å². The normalized spacial score (nSPS) is 16.5. The number of thiocarbonyl (C=S) groups is 1. The van der Waals surface area contributed by atoms with Crippen LogP contribution in [0.25, 0.3) is 11.7 Å². The predicted molar refractivity (Wildman–Crippen MR) is 138 cm³/mol. The molecule has 0 aliphatic carbocycles. The van der Waals surface area contributed by atoms with Gasteiger partial charge in [0, 0.05) is 19.3 Å². The summed E-state index contributed by atoms with van der Waals surface area (Å²) in [5.74, 6) is 1.18. The highest BCUT2D eigenvalue weighted by atomic mass is 32.2. The number of rotatable bonds is 10. The molecular formula is C24H32N4O2S2. The number of amides is 1. The fourth-order valence-electron chi connectivity index (χ4n) is 3.63. The summed E-state index contributed by atoms with van der Waals surface area (Å²) in [7, 11) is 0. The second-order valence-electron chi connectivity index (χ2n) is 8.59. The lowest BCUT2D eigenvalue weighted by Gasteiger charge is -2.21. The smallest absolute Gasteiger partial charge is 0.267 e. The summed E-state index contributed by atoms with van der Waals surface area (Å²) in [6.45, 7) is 9.82. The number of carbonyl (C=O) groups is 1. The molecule has 32 heavy (non-hydrogen) atoms. The van der Waals surface area contributed by atoms with Gasteiger partial charge in [-0.3, -0.25) is 18.9 Å². The number of carbonyl (C=O) groups excluding carboxylic acids is 1. The van der Waals surface area contributed by atoms with Crippen LogP contribution in [0.5, 0.6) is 0 Å². The van der Waals surface area contributed by atoms with Crippen molar-refractivity contribution >= 4 is 51.7 Å². The van der Waals surface area contributed by atoms with Crippen LogP contribution in [-0.2, 0) is 4.79 Å². The van der Waals surface area contributed by atoms with E-state index in [4.69, 9.17) is 12.2 Å². The Kier molecular flexibility index (Phi) is 8.48. The number of fused-ring (bicyclic) bond motifs is 1. The minimum Gasteiger partial charge on any atom is -0.369 e. The van der Waals surface area contributed by atoms with Gasteiger partial charge < -0.3 is 5.32 Å². The third-order valence-electron chi connectivity index (χ3n) is 5.58. The largest absolute Gasteiger partial charge is 0.369 e. The highest BCUT2D eigenvalue weighted by molar-refractivity contribution is 8.26. The molecule has 1 aliphatic rings. The van der Waals surface area contributed by atoms with Crippen molar-refractivity contribution in [1.29, 1.82) is 0 Å². The van der Waals surface area contributed by atoms with E-state index in [1.165, 1.54) is 16.2 Å². The van der Waals surface area contributed by atoms with Crippen LogP contribution in [0.15, 0.2) is 34.1 Å². The van der Waals surface area contributed by atoms with Crippen LogP contribution in [-0.4, -0.2) is 37.6 Å². The molecule has 1 fully saturated rings. The molecule has 6 nitrogen and oxygen atoms in total. The Morgan fingerprint density at radius 3 is 2.72 bits per heavy atom. The highest BCUT2D eigenvalue weighted by Crippen LogP contribution is 2.34. The second kappa shape index (κ2) is 11.1. The minimum absolute atomic E-state index is 0.123. The molecule has 0 radical (unpaired) electrons. The Balaban J connectivity index is 1.96. The van der Waals surface area contributed by atoms with E-state index >= 15 is 0 Å². The molecule has 1 aliphatic heterocycles. The maximum atomic E-state index is 13.3. The summed E-state index contributed by atoms with van der Waals surface area (Å²) < 4.78 is 2.06. The molecule has 172 valence electrons. The first kappa shape index (κ1) is 24.5. The fourth-order valence-corrected chi connectivity index (χ4v) is 4.89. The van der Waals surface area contributed by atoms with E-state index in [2.05, 4.69) is 38.0 Å². The molecule has 0 unspecified atom stereocenters. The number of pyridine rings is 1. The molecule has 1 atom stereocenters. The number of aromatic nitrogens is 2. The molecule has 2 aromatic rings. The maximum absolute atomic E-state index is 13.3. The number of hydrogen-bond donors (Lipinski definition) is 1. The van der Waals surface area contributed by atoms with E-state index in [-0.39, 0.29) is 11.5 Å². The van der Waals surface area contributed by atoms with Gasteiger partial charge >= 0.3 is 0 Å². The number of thioether (sulfide) groups is 1. The van der Waals surface area contributed by atoms with Crippen molar-refractivity contribution in [3.63, 3.8) is 0 Å². The molecular weight excluding hydrogens is 440 g/mol. The van der Waals surface area contributed by atoms with Gasteiger partial charge in [-0.25, -0.2) is 4.98 Å². The molecule has 0 aromatic carbocycles. The summed E-state index contributed by atoms with van der Waals surface area (Å²) in [5, 5.41) is 3.29. The predicted octanol–water partition coefficient (Wildman–Crippen LogP) is 5.18. The van der Waals surface area contributed by atoms with Crippen molar-refractivity contribution in [3.05, 3.63) is 45.2 Å². The number of anilines is 1. The van der Waals surface area contributed by atoms with Crippen LogP contribution in [0, 0.1) is 11.8 Å². The van der Waals surface area contributed by atoms with Crippen molar-refractivity contribution in [3.8, 4) is 0 Å². The van der Waals surface area contributed by atoms with E-state index in [1.54, 1.807) is 29.3 Å². The summed E-state index contributed by atoms with van der Waals surface area (Å²) in [6, 6.07) is 5.44. The van der Waals surface area contributed by atoms with E-state index in [1.807, 2.05) is 6.07 Å². The molecule has 1 saturated heterocycles. The van der Waals surface area contributed by atoms with Gasteiger partial charge in [-0.1, -0.05) is 77.0 Å². The summed E-state index contributed by atoms with van der Waals surface area (Å²) in [6.07, 6.45) is 7.73. The standard InChI is InChI=1S/C24H32N4O2S2/c1-5-7-10-17(6-2)15-28-23(30)19(32-24(28)31)13-18-21(25-14-16(3)4)26-20-11-8-9-12-27(20)22(18)29/h8-9,11-13,16-17,25H,5-7,10,14-15H2,1-4H3/b19-13-/t17-/m0/s1. The lowest BCUT2D eigenvalue weighted by molar-refractivity contribution is -0.122. The van der Waals surface area contributed by atoms with Gasteiger partial charge in [0.2, 0.25) is 0 Å². The Labute approximate surface area is 199 Å². The first-order chi connectivity index (χ1) is 15.3. The molecule has 1 amide bonds. The van der Waals surface area contributed by atoms with Crippen molar-refractivity contribution in [2.24, 2.45) is 11.8 Å². The van der Waals surface area contributed by atoms with Crippen molar-refractivity contribution in [1.82, 2.24) is 14.3 Å². The van der Waals surface area contributed by atoms with Gasteiger partial charge in [0.15, 0.2) is 0 Å². The molecule has 1 N–H and O–H groups in total. The number of nitrogens with zero attached hydrogens (tertiary/aromatic N) is 3. The average Bonchev–Trinajstić information content (AvgIpc) is 3.04. The second-order valence-corrected chi connectivity index (χ2v) is 10.3. The Morgan fingerprint density at radius 1 is 1.25 bits per heavy atom. The maximum Gasteiger partial charge on any atom is 0.267 e. The van der Waals surface area contributed by atoms with Gasteiger partial charge in [-0.15, -0.1) is 0 Å². The molecule has 2 aromatic heterocycles. The Bertz CT molecular complexity index is 1080. The molecule has 0 bridgehead atoms. The fraction of sp³-hybridized carbons (Fsp3) is 0.500. The zero-order valence-corrected chi connectivity index (χ0v) is 20.9. The molecule has 3 heterocycles. The molecule has 0 saturated carbocycles. The monoisotopic (exact) mass is 472 g/mol. The van der Waals surface area contributed by atoms with Gasteiger partial charge in [0.1, 0.15) is 15.8 Å². The van der Waals surface area contributed by atoms with Crippen molar-refractivity contribution in [2.75, 3.05) is 18.4 Å². The summed E-state index contributed by atoms with van der Waals surface area (Å²) >= 11 is 6.80. The first-order valence-electron chi connectivity index (χ1n) is 11.4. The van der Waals surface area contributed by atoms with Gasteiger partial charge in [0.05, 0.1) is 10.5 Å². The zero-order valence-electron chi connectivity index (χ0n) is 19.3. The number of unbranched alkanes of at least 4 members (excludes halogenated alkanes) is 1. The van der Waals surface area contributed by atoms with Crippen molar-refractivity contribution in [2.45, 2.75) is 53.4 Å². The van der Waals surface area contributed by atoms with Crippen LogP contribution in [0.2, 0.25) is 0 Å². The van der Waals surface area contributed by atoms with Crippen LogP contribution < -0.4 is 10.9 Å². The van der Waals surface area contributed by atoms with Gasteiger partial charge in [-0.2, -0.15) is 0 Å². The average molecular weight is 473 g/mol. The van der Waals surface area contributed by atoms with Crippen LogP contribution in [0.3, 0.4) is 0 Å². The van der Waals surface area contributed by atoms with Crippen LogP contribution >= 0.6 is 24.0 Å². The van der Waals surface area contributed by atoms with Gasteiger partial charge in [0.25, 0.3) is 11.5 Å². The SMILES string of the molecule is CCCC[C@H](CC)CN1C(=O)/C(=C/c2c(NCC(C)C)nc3ccccn3c2=O)SC1=S. The van der Waals surface area contributed by atoms with Crippen LogP contribution in [0.4, 0.5) is 5.82 Å². The lowest BCUT2D eigenvalue weighted by atomic mass is 9.99. The third-order valence-corrected chi connectivity index (χ3v) is 6.96. The van der Waals surface area contributed by atoms with E-state index < -0.39 is 0 Å². The zero-order chi connectivity index (χ0) is 23.3. The quantitative estimate of drug-likeness (QED) is 0.380. The summed E-state index contributed by atoms with van der Waals surface area (Å²) in [4.78, 5) is 33.3.